The van der Waals surface area contributed by atoms with Gasteiger partial charge in [-0.25, -0.2) is 0 Å². The molecule has 28 heavy (non-hydrogen) atoms. The molecule has 0 radical (unpaired) electrons. The molecule has 0 fully saturated rings. The zero-order chi connectivity index (χ0) is 21.2. The Labute approximate surface area is 168 Å². The predicted octanol–water partition coefficient (Wildman–Crippen LogP) is 5.04. The normalized spacial score (nSPS) is 11.2. The van der Waals surface area contributed by atoms with Crippen LogP contribution in [0, 0.1) is 6.92 Å². The molecule has 2 aromatic carbocycles. The number of rotatable bonds is 6. The maximum Gasteiger partial charge on any atom is 0.418 e. The molecule has 0 bridgehead atoms. The Kier molecular flexibility index (Phi) is 6.48. The van der Waals surface area contributed by atoms with Crippen LogP contribution >= 0.6 is 15.9 Å². The Balaban J connectivity index is 2.90. The van der Waals surface area contributed by atoms with Crippen molar-refractivity contribution in [3.05, 3.63) is 44.9 Å². The number of aryl methyl sites for hydroxylation is 1. The number of ether oxygens (including phenoxy) is 4. The van der Waals surface area contributed by atoms with Crippen molar-refractivity contribution in [1.29, 1.82) is 0 Å². The van der Waals surface area contributed by atoms with Gasteiger partial charge in [-0.3, -0.25) is 4.79 Å². The summed E-state index contributed by atoms with van der Waals surface area (Å²) in [6.07, 6.45) is -4.80. The smallest absolute Gasteiger partial charge is 0.418 e. The third-order valence-corrected chi connectivity index (χ3v) is 4.76. The lowest BCUT2D eigenvalue weighted by molar-refractivity contribution is -0.138. The second kappa shape index (κ2) is 8.30. The number of hydrogen-bond acceptors (Lipinski definition) is 5. The zero-order valence-corrected chi connectivity index (χ0v) is 17.4. The fourth-order valence-electron chi connectivity index (χ4n) is 2.92. The van der Waals surface area contributed by atoms with Crippen molar-refractivity contribution >= 4 is 21.7 Å². The van der Waals surface area contributed by atoms with Crippen molar-refractivity contribution in [3.8, 4) is 23.0 Å². The maximum absolute atomic E-state index is 13.7. The van der Waals surface area contributed by atoms with Crippen molar-refractivity contribution in [1.82, 2.24) is 0 Å². The molecule has 0 atom stereocenters. The van der Waals surface area contributed by atoms with Gasteiger partial charge in [-0.05, 0) is 30.7 Å². The number of carbonyl (C=O) groups is 1. The van der Waals surface area contributed by atoms with Crippen molar-refractivity contribution in [2.45, 2.75) is 13.1 Å². The summed E-state index contributed by atoms with van der Waals surface area (Å²) in [7, 11) is 5.22. The SMILES string of the molecule is COc1cc(C)c(C(=O)c2c(OC)ccc(Br)c2C(F)(F)F)c(OC)c1OC. The van der Waals surface area contributed by atoms with Gasteiger partial charge in [0.2, 0.25) is 11.5 Å². The van der Waals surface area contributed by atoms with E-state index >= 15 is 0 Å². The van der Waals surface area contributed by atoms with Gasteiger partial charge in [0.25, 0.3) is 0 Å². The first-order valence-electron chi connectivity index (χ1n) is 7.90. The highest BCUT2D eigenvalue weighted by Crippen LogP contribution is 2.46. The molecule has 2 rings (SSSR count). The van der Waals surface area contributed by atoms with Gasteiger partial charge in [0.1, 0.15) is 5.75 Å². The Morgan fingerprint density at radius 3 is 1.93 bits per heavy atom. The van der Waals surface area contributed by atoms with E-state index in [9.17, 15) is 18.0 Å². The van der Waals surface area contributed by atoms with E-state index in [4.69, 9.17) is 18.9 Å². The lowest BCUT2D eigenvalue weighted by Crippen LogP contribution is -2.18. The van der Waals surface area contributed by atoms with E-state index in [1.54, 1.807) is 6.92 Å². The highest BCUT2D eigenvalue weighted by atomic mass is 79.9. The highest BCUT2D eigenvalue weighted by Gasteiger charge is 2.40. The van der Waals surface area contributed by atoms with Crippen LogP contribution in [0.15, 0.2) is 22.7 Å². The summed E-state index contributed by atoms with van der Waals surface area (Å²) in [5, 5.41) is 0. The molecule has 2 aromatic rings. The average Bonchev–Trinajstić information content (AvgIpc) is 2.64. The van der Waals surface area contributed by atoms with Crippen molar-refractivity contribution < 1.29 is 36.9 Å². The molecule has 9 heteroatoms. The third-order valence-electron chi connectivity index (χ3n) is 4.10. The summed E-state index contributed by atoms with van der Waals surface area (Å²) in [6, 6.07) is 3.96. The second-order valence-electron chi connectivity index (χ2n) is 5.66. The van der Waals surface area contributed by atoms with E-state index in [0.717, 1.165) is 0 Å². The summed E-state index contributed by atoms with van der Waals surface area (Å²) in [4.78, 5) is 13.3. The van der Waals surface area contributed by atoms with Gasteiger partial charge >= 0.3 is 6.18 Å². The van der Waals surface area contributed by atoms with Gasteiger partial charge in [-0.2, -0.15) is 13.2 Å². The van der Waals surface area contributed by atoms with Gasteiger partial charge in [0.15, 0.2) is 11.5 Å². The number of methoxy groups -OCH3 is 4. The van der Waals surface area contributed by atoms with Crippen LogP contribution in [-0.2, 0) is 6.18 Å². The zero-order valence-electron chi connectivity index (χ0n) is 15.8. The monoisotopic (exact) mass is 462 g/mol. The number of hydrogen-bond donors (Lipinski definition) is 0. The molecule has 0 saturated heterocycles. The maximum atomic E-state index is 13.7. The summed E-state index contributed by atoms with van der Waals surface area (Å²) in [5.41, 5.74) is -1.48. The van der Waals surface area contributed by atoms with Crippen LogP contribution in [0.2, 0.25) is 0 Å². The molecule has 0 amide bonds. The lowest BCUT2D eigenvalue weighted by Gasteiger charge is -2.21. The van der Waals surface area contributed by atoms with E-state index in [1.807, 2.05) is 0 Å². The minimum atomic E-state index is -4.80. The van der Waals surface area contributed by atoms with E-state index in [-0.39, 0.29) is 33.0 Å². The summed E-state index contributed by atoms with van der Waals surface area (Å²) in [5.74, 6) is -0.774. The Morgan fingerprint density at radius 2 is 1.46 bits per heavy atom. The third kappa shape index (κ3) is 3.76. The minimum absolute atomic E-state index is 0.0282. The lowest BCUT2D eigenvalue weighted by atomic mass is 9.93. The molecule has 0 aliphatic carbocycles. The summed E-state index contributed by atoms with van der Waals surface area (Å²) < 4.78 is 61.8. The molecule has 5 nitrogen and oxygen atoms in total. The van der Waals surface area contributed by atoms with Gasteiger partial charge in [-0.15, -0.1) is 0 Å². The molecular formula is C19H18BrF3O5. The molecule has 0 spiro atoms. The van der Waals surface area contributed by atoms with Gasteiger partial charge in [0.05, 0.1) is 45.1 Å². The molecule has 0 aliphatic heterocycles. The molecule has 0 aromatic heterocycles. The Hall–Kier alpha value is -2.42. The van der Waals surface area contributed by atoms with Crippen LogP contribution in [0.4, 0.5) is 13.2 Å². The summed E-state index contributed by atoms with van der Waals surface area (Å²) in [6.45, 7) is 1.56. The topological polar surface area (TPSA) is 54.0 Å². The van der Waals surface area contributed by atoms with Crippen LogP contribution in [-0.4, -0.2) is 34.2 Å². The van der Waals surface area contributed by atoms with Crippen LogP contribution in [0.3, 0.4) is 0 Å². The van der Waals surface area contributed by atoms with Crippen molar-refractivity contribution in [2.75, 3.05) is 28.4 Å². The Bertz CT molecular complexity index is 910. The highest BCUT2D eigenvalue weighted by molar-refractivity contribution is 9.10. The van der Waals surface area contributed by atoms with E-state index in [2.05, 4.69) is 15.9 Å². The molecule has 0 saturated carbocycles. The molecule has 0 aliphatic rings. The fraction of sp³-hybridized carbons (Fsp3) is 0.316. The molecule has 0 N–H and O–H groups in total. The van der Waals surface area contributed by atoms with Gasteiger partial charge < -0.3 is 18.9 Å². The largest absolute Gasteiger partial charge is 0.496 e. The second-order valence-corrected chi connectivity index (χ2v) is 6.52. The van der Waals surface area contributed by atoms with E-state index in [1.165, 1.54) is 46.6 Å². The quantitative estimate of drug-likeness (QED) is 0.562. The number of alkyl halides is 3. The predicted molar refractivity (Wildman–Crippen MR) is 100.0 cm³/mol. The molecule has 152 valence electrons. The van der Waals surface area contributed by atoms with E-state index < -0.39 is 23.1 Å². The van der Waals surface area contributed by atoms with Crippen LogP contribution in [0.1, 0.15) is 27.0 Å². The van der Waals surface area contributed by atoms with Gasteiger partial charge in [0, 0.05) is 4.47 Å². The van der Waals surface area contributed by atoms with Crippen molar-refractivity contribution in [3.63, 3.8) is 0 Å². The first kappa shape index (κ1) is 21.9. The van der Waals surface area contributed by atoms with Crippen LogP contribution in [0.5, 0.6) is 23.0 Å². The number of benzene rings is 2. The minimum Gasteiger partial charge on any atom is -0.496 e. The molecule has 0 heterocycles. The summed E-state index contributed by atoms with van der Waals surface area (Å²) >= 11 is 2.89. The van der Waals surface area contributed by atoms with Gasteiger partial charge in [-0.1, -0.05) is 15.9 Å². The van der Waals surface area contributed by atoms with Crippen LogP contribution in [0.25, 0.3) is 0 Å². The first-order valence-corrected chi connectivity index (χ1v) is 8.69. The van der Waals surface area contributed by atoms with Crippen molar-refractivity contribution in [2.24, 2.45) is 0 Å². The fourth-order valence-corrected chi connectivity index (χ4v) is 3.47. The number of ketones is 1. The first-order chi connectivity index (χ1) is 13.1. The van der Waals surface area contributed by atoms with Crippen LogP contribution < -0.4 is 18.9 Å². The Morgan fingerprint density at radius 1 is 0.893 bits per heavy atom. The number of halogens is 4. The average molecular weight is 463 g/mol. The molecule has 0 unspecified atom stereocenters. The standard InChI is InChI=1S/C19H18BrF3O5/c1-9-8-12(26-3)17(27-4)18(28-5)13(9)16(24)14-11(25-2)7-6-10(20)15(14)19(21,22)23/h6-8H,1-5H3. The molecular weight excluding hydrogens is 445 g/mol. The van der Waals surface area contributed by atoms with E-state index in [0.29, 0.717) is 5.56 Å². The number of carbonyl (C=O) groups excluding carboxylic acids is 1.